The average Bonchev–Trinajstić information content (AvgIpc) is 3.25. The summed E-state index contributed by atoms with van der Waals surface area (Å²) >= 11 is 0. The van der Waals surface area contributed by atoms with E-state index in [2.05, 4.69) is 34.1 Å². The molecule has 0 unspecified atom stereocenters. The van der Waals surface area contributed by atoms with Crippen LogP contribution in [0.1, 0.15) is 11.1 Å². The average molecular weight is 498 g/mol. The summed E-state index contributed by atoms with van der Waals surface area (Å²) in [5.41, 5.74) is 18.1. The number of aromatic nitrogens is 2. The Morgan fingerprint density at radius 3 is 1.77 bits per heavy atom. The van der Waals surface area contributed by atoms with Crippen molar-refractivity contribution < 1.29 is 21.8 Å². The van der Waals surface area contributed by atoms with Gasteiger partial charge in [-0.3, -0.25) is 4.79 Å². The van der Waals surface area contributed by atoms with Gasteiger partial charge in [-0.05, 0) is 61.4 Å². The number of benzene rings is 2. The highest BCUT2D eigenvalue weighted by atomic mass is 35.5. The fourth-order valence-corrected chi connectivity index (χ4v) is 4.39. The molecule has 4 rings (SSSR count). The van der Waals surface area contributed by atoms with Crippen molar-refractivity contribution in [2.24, 2.45) is 7.05 Å². The van der Waals surface area contributed by atoms with Crippen molar-refractivity contribution in [3.05, 3.63) is 66.2 Å². The number of halogens is 1. The van der Waals surface area contributed by atoms with Gasteiger partial charge >= 0.3 is 0 Å². The van der Waals surface area contributed by atoms with E-state index in [-0.39, 0.29) is 18.3 Å². The molecule has 0 radical (unpaired) electrons. The Morgan fingerprint density at radius 1 is 0.857 bits per heavy atom. The number of amides is 1. The van der Waals surface area contributed by atoms with Crippen LogP contribution >= 0.6 is 0 Å². The molecule has 1 amide bonds. The minimum Gasteiger partial charge on any atom is -1.00 e. The molecule has 0 spiro atoms. The van der Waals surface area contributed by atoms with Gasteiger partial charge in [-0.2, -0.15) is 0 Å². The highest BCUT2D eigenvalue weighted by Crippen LogP contribution is 2.24. The highest BCUT2D eigenvalue weighted by Gasteiger charge is 2.22. The molecule has 35 heavy (non-hydrogen) atoms. The molecule has 2 heterocycles. The Bertz CT molecular complexity index is 1100. The van der Waals surface area contributed by atoms with Gasteiger partial charge in [-0.15, -0.1) is 0 Å². The second-order valence-corrected chi connectivity index (χ2v) is 9.19. The second kappa shape index (κ2) is 11.4. The molecule has 1 aliphatic rings. The fraction of sp³-hybridized carbons (Fsp3) is 0.385. The topological polar surface area (TPSA) is 87.6 Å². The molecule has 0 aliphatic carbocycles. The third kappa shape index (κ3) is 6.39. The first kappa shape index (κ1) is 26.2. The normalized spacial score (nSPS) is 14.7. The third-order valence-electron chi connectivity index (χ3n) is 6.65. The lowest BCUT2D eigenvalue weighted by molar-refractivity contribution is -0.671. The first-order chi connectivity index (χ1) is 16.3. The molecule has 3 aromatic rings. The summed E-state index contributed by atoms with van der Waals surface area (Å²) in [6, 6.07) is 12.3. The largest absolute Gasteiger partial charge is 1.00 e. The van der Waals surface area contributed by atoms with Crippen LogP contribution in [-0.2, 0) is 18.4 Å². The van der Waals surface area contributed by atoms with Gasteiger partial charge in [0.15, 0.2) is 6.54 Å². The van der Waals surface area contributed by atoms with Crippen LogP contribution in [0.4, 0.5) is 22.7 Å². The zero-order valence-electron chi connectivity index (χ0n) is 20.8. The Morgan fingerprint density at radius 2 is 1.34 bits per heavy atom. The monoisotopic (exact) mass is 497 g/mol. The van der Waals surface area contributed by atoms with E-state index in [4.69, 9.17) is 11.5 Å². The summed E-state index contributed by atoms with van der Waals surface area (Å²) in [5.74, 6) is 0.125. The first-order valence-electron chi connectivity index (χ1n) is 11.8. The van der Waals surface area contributed by atoms with Crippen LogP contribution in [0.15, 0.2) is 55.1 Å². The number of nitrogen functional groups attached to an aromatic ring is 2. The molecule has 9 heteroatoms. The summed E-state index contributed by atoms with van der Waals surface area (Å²) in [6.45, 7) is 8.98. The maximum atomic E-state index is 13.3. The van der Waals surface area contributed by atoms with E-state index in [0.29, 0.717) is 19.6 Å². The van der Waals surface area contributed by atoms with Crippen molar-refractivity contribution in [3.8, 4) is 0 Å². The van der Waals surface area contributed by atoms with Crippen molar-refractivity contribution in [1.29, 1.82) is 0 Å². The molecule has 0 bridgehead atoms. The van der Waals surface area contributed by atoms with E-state index in [1.54, 1.807) is 0 Å². The number of nitrogens with two attached hydrogens (primary N) is 2. The predicted molar refractivity (Wildman–Crippen MR) is 138 cm³/mol. The molecular weight excluding hydrogens is 462 g/mol. The molecule has 0 atom stereocenters. The van der Waals surface area contributed by atoms with Crippen LogP contribution < -0.4 is 38.2 Å². The molecule has 0 saturated carbocycles. The molecule has 1 aromatic heterocycles. The third-order valence-corrected chi connectivity index (χ3v) is 6.65. The molecule has 2 aromatic carbocycles. The van der Waals surface area contributed by atoms with Crippen molar-refractivity contribution in [2.75, 3.05) is 60.5 Å². The Hall–Kier alpha value is -3.39. The number of rotatable bonds is 4. The van der Waals surface area contributed by atoms with Gasteiger partial charge in [0.1, 0.15) is 12.4 Å². The van der Waals surface area contributed by atoms with E-state index < -0.39 is 0 Å². The van der Waals surface area contributed by atoms with Crippen molar-refractivity contribution >= 4 is 28.7 Å². The summed E-state index contributed by atoms with van der Waals surface area (Å²) in [4.78, 5) is 20.0. The van der Waals surface area contributed by atoms with Crippen LogP contribution in [0.25, 0.3) is 0 Å². The summed E-state index contributed by atoms with van der Waals surface area (Å²) in [5, 5.41) is 0. The smallest absolute Gasteiger partial charge is 0.264 e. The molecule has 188 valence electrons. The fourth-order valence-electron chi connectivity index (χ4n) is 4.39. The minimum absolute atomic E-state index is 0. The molecule has 1 fully saturated rings. The SMILES string of the molecule is Cc1cc(N2CCN(C(=O)Cn3cc[n+](C)c3)CCN(c3ccc(N)c(C)c3)CC2)ccc1N.[Cl-]. The van der Waals surface area contributed by atoms with Crippen LogP contribution in [0, 0.1) is 13.8 Å². The molecule has 4 N–H and O–H groups in total. The predicted octanol–water partition coefficient (Wildman–Crippen LogP) is -1.05. The number of hydrogen-bond acceptors (Lipinski definition) is 5. The van der Waals surface area contributed by atoms with Gasteiger partial charge in [0.05, 0.1) is 7.05 Å². The van der Waals surface area contributed by atoms with E-state index in [1.165, 1.54) is 0 Å². The van der Waals surface area contributed by atoms with Crippen molar-refractivity contribution in [1.82, 2.24) is 9.47 Å². The van der Waals surface area contributed by atoms with Crippen molar-refractivity contribution in [3.63, 3.8) is 0 Å². The van der Waals surface area contributed by atoms with Crippen LogP contribution in [0.3, 0.4) is 0 Å². The van der Waals surface area contributed by atoms with E-state index in [9.17, 15) is 4.79 Å². The number of aryl methyl sites for hydroxylation is 3. The van der Waals surface area contributed by atoms with Crippen LogP contribution in [0.2, 0.25) is 0 Å². The van der Waals surface area contributed by atoms with Gasteiger partial charge in [0.25, 0.3) is 5.91 Å². The summed E-state index contributed by atoms with van der Waals surface area (Å²) < 4.78 is 3.87. The van der Waals surface area contributed by atoms with Crippen LogP contribution in [-0.4, -0.2) is 54.6 Å². The Balaban J connectivity index is 0.00000342. The summed E-state index contributed by atoms with van der Waals surface area (Å²) in [6.07, 6.45) is 5.81. The van der Waals surface area contributed by atoms with Gasteiger partial charge in [0, 0.05) is 62.0 Å². The zero-order valence-corrected chi connectivity index (χ0v) is 21.6. The quantitative estimate of drug-likeness (QED) is 0.355. The van der Waals surface area contributed by atoms with Gasteiger partial charge in [0.2, 0.25) is 6.33 Å². The van der Waals surface area contributed by atoms with E-state index in [0.717, 1.165) is 60.1 Å². The first-order valence-corrected chi connectivity index (χ1v) is 11.8. The van der Waals surface area contributed by atoms with Gasteiger partial charge < -0.3 is 38.6 Å². The van der Waals surface area contributed by atoms with E-state index >= 15 is 0 Å². The molecule has 1 aliphatic heterocycles. The van der Waals surface area contributed by atoms with Gasteiger partial charge in [-0.1, -0.05) is 0 Å². The molecule has 8 nitrogen and oxygen atoms in total. The Labute approximate surface area is 214 Å². The number of carbonyl (C=O) groups excluding carboxylic acids is 1. The number of hydrogen-bond donors (Lipinski definition) is 2. The Kier molecular flexibility index (Phi) is 8.51. The maximum absolute atomic E-state index is 13.3. The summed E-state index contributed by atoms with van der Waals surface area (Å²) in [7, 11) is 1.96. The number of imidazole rings is 1. The number of anilines is 4. The lowest BCUT2D eigenvalue weighted by Gasteiger charge is -2.29. The zero-order chi connectivity index (χ0) is 24.2. The van der Waals surface area contributed by atoms with Crippen molar-refractivity contribution in [2.45, 2.75) is 20.4 Å². The molecule has 1 saturated heterocycles. The standard InChI is InChI=1S/C26H36N7O.ClH/c1-20-16-22(4-6-24(20)27)31-10-11-32(23-5-7-25(28)21(2)17-23)13-15-33(14-12-31)26(34)18-30-9-8-29(3)19-30;/h4-9,16-17,19H,10-15,18,27-28H2,1-3H3;1H/q+1;/p-1. The number of nitrogens with zero attached hydrogens (tertiary/aromatic N) is 5. The van der Waals surface area contributed by atoms with E-state index in [1.807, 2.05) is 65.8 Å². The lowest BCUT2D eigenvalue weighted by Crippen LogP contribution is -3.00. The highest BCUT2D eigenvalue weighted by molar-refractivity contribution is 5.76. The maximum Gasteiger partial charge on any atom is 0.264 e. The van der Waals surface area contributed by atoms with Crippen LogP contribution in [0.5, 0.6) is 0 Å². The number of carbonyl (C=O) groups is 1. The lowest BCUT2D eigenvalue weighted by atomic mass is 10.1. The minimum atomic E-state index is 0. The van der Waals surface area contributed by atoms with Gasteiger partial charge in [-0.25, -0.2) is 9.13 Å². The molecular formula is C26H36ClN7O. The second-order valence-electron chi connectivity index (χ2n) is 9.19.